The molecule has 0 radical (unpaired) electrons. The van der Waals surface area contributed by atoms with Gasteiger partial charge in [0.2, 0.25) is 0 Å². The van der Waals surface area contributed by atoms with Crippen molar-refractivity contribution in [2.45, 2.75) is 38.6 Å². The molecule has 1 aromatic rings. The van der Waals surface area contributed by atoms with Gasteiger partial charge in [-0.05, 0) is 23.5 Å². The Kier molecular flexibility index (Phi) is 4.21. The summed E-state index contributed by atoms with van der Waals surface area (Å²) < 4.78 is 0. The van der Waals surface area contributed by atoms with Crippen molar-refractivity contribution >= 4 is 17.9 Å². The van der Waals surface area contributed by atoms with Crippen molar-refractivity contribution in [3.05, 3.63) is 35.4 Å². The highest BCUT2D eigenvalue weighted by atomic mass is 16.4. The van der Waals surface area contributed by atoms with Crippen LogP contribution in [-0.2, 0) is 15.1 Å². The fourth-order valence-corrected chi connectivity index (χ4v) is 2.70. The molecule has 1 aliphatic heterocycles. The van der Waals surface area contributed by atoms with Gasteiger partial charge in [-0.3, -0.25) is 14.5 Å². The van der Waals surface area contributed by atoms with Crippen molar-refractivity contribution < 1.29 is 19.5 Å². The Morgan fingerprint density at radius 1 is 1.27 bits per heavy atom. The number of hydrogen-bond donors (Lipinski definition) is 2. The average Bonchev–Trinajstić information content (AvgIpc) is 2.72. The molecular formula is C16H20N2O4. The highest BCUT2D eigenvalue weighted by Crippen LogP contribution is 2.33. The first-order valence-electron chi connectivity index (χ1n) is 7.28. The topological polar surface area (TPSA) is 86.7 Å². The maximum atomic E-state index is 12.6. The minimum atomic E-state index is -1.22. The maximum Gasteiger partial charge on any atom is 0.325 e. The minimum absolute atomic E-state index is 0.356. The second-order valence-electron chi connectivity index (χ2n) is 5.75. The van der Waals surface area contributed by atoms with E-state index in [2.05, 4.69) is 19.2 Å². The molecule has 6 heteroatoms. The first kappa shape index (κ1) is 16.0. The molecule has 6 nitrogen and oxygen atoms in total. The Morgan fingerprint density at radius 3 is 2.32 bits per heavy atom. The third-order valence-corrected chi connectivity index (χ3v) is 4.07. The molecule has 1 aromatic carbocycles. The number of carboxylic acids is 1. The number of hydrogen-bond acceptors (Lipinski definition) is 3. The first-order valence-corrected chi connectivity index (χ1v) is 7.28. The summed E-state index contributed by atoms with van der Waals surface area (Å²) in [6.07, 6.45) is 0.356. The van der Waals surface area contributed by atoms with Gasteiger partial charge in [0.25, 0.3) is 5.91 Å². The number of carbonyl (C=O) groups excluding carboxylic acids is 2. The molecule has 0 aliphatic carbocycles. The monoisotopic (exact) mass is 304 g/mol. The maximum absolute atomic E-state index is 12.6. The lowest BCUT2D eigenvalue weighted by molar-refractivity contribution is -0.143. The van der Waals surface area contributed by atoms with Crippen LogP contribution in [0.2, 0.25) is 0 Å². The molecule has 1 fully saturated rings. The van der Waals surface area contributed by atoms with Crippen LogP contribution in [0.4, 0.5) is 4.79 Å². The Labute approximate surface area is 129 Å². The predicted octanol–water partition coefficient (Wildman–Crippen LogP) is 2.05. The fraction of sp³-hybridized carbons (Fsp3) is 0.438. The molecule has 0 saturated carbocycles. The lowest BCUT2D eigenvalue weighted by atomic mass is 9.86. The molecule has 0 unspecified atom stereocenters. The normalized spacial score (nSPS) is 21.4. The van der Waals surface area contributed by atoms with Crippen molar-refractivity contribution in [2.24, 2.45) is 0 Å². The van der Waals surface area contributed by atoms with Crippen LogP contribution >= 0.6 is 0 Å². The predicted molar refractivity (Wildman–Crippen MR) is 80.4 cm³/mol. The van der Waals surface area contributed by atoms with Gasteiger partial charge in [0.1, 0.15) is 12.1 Å². The van der Waals surface area contributed by atoms with E-state index >= 15 is 0 Å². The highest BCUT2D eigenvalue weighted by Gasteiger charge is 2.51. The van der Waals surface area contributed by atoms with E-state index in [1.807, 2.05) is 24.3 Å². The Morgan fingerprint density at radius 2 is 1.86 bits per heavy atom. The molecule has 22 heavy (non-hydrogen) atoms. The van der Waals surface area contributed by atoms with Gasteiger partial charge >= 0.3 is 12.0 Å². The molecule has 118 valence electrons. The molecular weight excluding hydrogens is 284 g/mol. The number of urea groups is 1. The van der Waals surface area contributed by atoms with E-state index in [4.69, 9.17) is 5.11 Å². The molecule has 0 bridgehead atoms. The van der Waals surface area contributed by atoms with Crippen molar-refractivity contribution in [1.82, 2.24) is 10.2 Å². The van der Waals surface area contributed by atoms with Crippen LogP contribution in [0.25, 0.3) is 0 Å². The molecule has 0 aromatic heterocycles. The van der Waals surface area contributed by atoms with Crippen molar-refractivity contribution in [3.8, 4) is 0 Å². The van der Waals surface area contributed by atoms with Crippen LogP contribution in [-0.4, -0.2) is 34.5 Å². The van der Waals surface area contributed by atoms with E-state index in [0.29, 0.717) is 17.9 Å². The number of aliphatic carboxylic acids is 1. The lowest BCUT2D eigenvalue weighted by Gasteiger charge is -2.26. The zero-order chi connectivity index (χ0) is 16.5. The van der Waals surface area contributed by atoms with Gasteiger partial charge in [-0.25, -0.2) is 4.79 Å². The number of rotatable bonds is 5. The quantitative estimate of drug-likeness (QED) is 0.815. The number of benzene rings is 1. The van der Waals surface area contributed by atoms with Crippen molar-refractivity contribution in [1.29, 1.82) is 0 Å². The van der Waals surface area contributed by atoms with Crippen LogP contribution in [0.15, 0.2) is 24.3 Å². The van der Waals surface area contributed by atoms with E-state index in [9.17, 15) is 14.4 Å². The van der Waals surface area contributed by atoms with Gasteiger partial charge in [-0.15, -0.1) is 0 Å². The second kappa shape index (κ2) is 5.79. The third kappa shape index (κ3) is 2.56. The fourth-order valence-electron chi connectivity index (χ4n) is 2.70. The summed E-state index contributed by atoms with van der Waals surface area (Å²) in [5, 5.41) is 11.5. The van der Waals surface area contributed by atoms with E-state index in [1.165, 1.54) is 0 Å². The first-order chi connectivity index (χ1) is 10.3. The number of carboxylic acid groups (broad SMARTS) is 1. The summed E-state index contributed by atoms with van der Waals surface area (Å²) in [6, 6.07) is 6.83. The lowest BCUT2D eigenvalue weighted by Crippen LogP contribution is -2.43. The van der Waals surface area contributed by atoms with Crippen molar-refractivity contribution in [2.75, 3.05) is 6.54 Å². The summed E-state index contributed by atoms with van der Waals surface area (Å²) in [6.45, 7) is 5.30. The number of imide groups is 1. The second-order valence-corrected chi connectivity index (χ2v) is 5.75. The smallest absolute Gasteiger partial charge is 0.325 e. The molecule has 3 amide bonds. The van der Waals surface area contributed by atoms with E-state index in [1.54, 1.807) is 6.92 Å². The third-order valence-electron chi connectivity index (χ3n) is 4.07. The highest BCUT2D eigenvalue weighted by molar-refractivity contribution is 6.08. The Hall–Kier alpha value is -2.37. The molecule has 2 N–H and O–H groups in total. The molecule has 1 atom stereocenters. The summed E-state index contributed by atoms with van der Waals surface area (Å²) in [5.41, 5.74) is 0.627. The standard InChI is InChI=1S/C16H20N2O4/c1-4-16(12-7-5-11(6-8-12)10(2)3)14(21)18(9-13(19)20)15(22)17-16/h5-8,10H,4,9H2,1-3H3,(H,17,22)(H,19,20)/t16-/m1/s1. The number of carbonyl (C=O) groups is 3. The molecule has 1 heterocycles. The number of nitrogens with zero attached hydrogens (tertiary/aromatic N) is 1. The van der Waals surface area contributed by atoms with Gasteiger partial charge in [0.15, 0.2) is 0 Å². The molecule has 1 saturated heterocycles. The van der Waals surface area contributed by atoms with Gasteiger partial charge in [0, 0.05) is 0 Å². The van der Waals surface area contributed by atoms with Crippen LogP contribution in [0.3, 0.4) is 0 Å². The van der Waals surface area contributed by atoms with E-state index in [-0.39, 0.29) is 0 Å². The molecule has 1 aliphatic rings. The van der Waals surface area contributed by atoms with Crippen LogP contribution in [0.1, 0.15) is 44.2 Å². The summed E-state index contributed by atoms with van der Waals surface area (Å²) in [5.74, 6) is -1.37. The summed E-state index contributed by atoms with van der Waals surface area (Å²) >= 11 is 0. The molecule has 0 spiro atoms. The van der Waals surface area contributed by atoms with E-state index < -0.39 is 30.0 Å². The average molecular weight is 304 g/mol. The van der Waals surface area contributed by atoms with Gasteiger partial charge in [-0.1, -0.05) is 45.0 Å². The zero-order valence-corrected chi connectivity index (χ0v) is 12.9. The van der Waals surface area contributed by atoms with Crippen LogP contribution in [0.5, 0.6) is 0 Å². The zero-order valence-electron chi connectivity index (χ0n) is 12.9. The largest absolute Gasteiger partial charge is 0.480 e. The van der Waals surface area contributed by atoms with Gasteiger partial charge in [-0.2, -0.15) is 0 Å². The van der Waals surface area contributed by atoms with E-state index in [0.717, 1.165) is 10.5 Å². The SMILES string of the molecule is CC[C@]1(c2ccc(C(C)C)cc2)NC(=O)N(CC(=O)O)C1=O. The number of amides is 3. The van der Waals surface area contributed by atoms with Crippen molar-refractivity contribution in [3.63, 3.8) is 0 Å². The molecule has 2 rings (SSSR count). The van der Waals surface area contributed by atoms with Gasteiger partial charge in [0.05, 0.1) is 0 Å². The van der Waals surface area contributed by atoms with Gasteiger partial charge < -0.3 is 10.4 Å². The Balaban J connectivity index is 2.39. The van der Waals surface area contributed by atoms with Crippen LogP contribution < -0.4 is 5.32 Å². The number of nitrogens with one attached hydrogen (secondary N) is 1. The van der Waals surface area contributed by atoms with Crippen LogP contribution in [0, 0.1) is 0 Å². The summed E-state index contributed by atoms with van der Waals surface area (Å²) in [7, 11) is 0. The summed E-state index contributed by atoms with van der Waals surface area (Å²) in [4.78, 5) is 36.2. The Bertz CT molecular complexity index is 609. The minimum Gasteiger partial charge on any atom is -0.480 e.